The Morgan fingerprint density at radius 3 is 3.06 bits per heavy atom. The van der Waals surface area contributed by atoms with Gasteiger partial charge in [0.05, 0.1) is 6.20 Å². The zero-order valence-corrected chi connectivity index (χ0v) is 9.96. The maximum absolute atomic E-state index is 10.4. The van der Waals surface area contributed by atoms with E-state index in [4.69, 9.17) is 5.11 Å². The number of rotatable bonds is 5. The van der Waals surface area contributed by atoms with Crippen molar-refractivity contribution in [3.05, 3.63) is 23.0 Å². The molecule has 2 aromatic rings. The van der Waals surface area contributed by atoms with E-state index >= 15 is 0 Å². The Balaban J connectivity index is 2.16. The highest BCUT2D eigenvalue weighted by Crippen LogP contribution is 2.19. The molecular weight excluding hydrogens is 224 g/mol. The zero-order valence-electron chi connectivity index (χ0n) is 9.14. The van der Waals surface area contributed by atoms with Crippen molar-refractivity contribution in [3.63, 3.8) is 0 Å². The molecule has 0 bridgehead atoms. The van der Waals surface area contributed by atoms with Crippen LogP contribution < -0.4 is 0 Å². The Labute approximate surface area is 97.6 Å². The first kappa shape index (κ1) is 11.1. The Morgan fingerprint density at radius 1 is 1.56 bits per heavy atom. The Kier molecular flexibility index (Phi) is 3.24. The van der Waals surface area contributed by atoms with Crippen LogP contribution in [-0.4, -0.2) is 20.5 Å². The monoisotopic (exact) mass is 238 g/mol. The molecule has 2 rings (SSSR count). The lowest BCUT2D eigenvalue weighted by atomic mass is 10.2. The van der Waals surface area contributed by atoms with Gasteiger partial charge < -0.3 is 5.11 Å². The molecule has 0 saturated heterocycles. The highest BCUT2D eigenvalue weighted by Gasteiger charge is 2.09. The molecule has 0 aliphatic rings. The van der Waals surface area contributed by atoms with Crippen molar-refractivity contribution in [2.24, 2.45) is 0 Å². The SMILES string of the molecule is CCc1cnc2scc(CCCC(=O)O)n12. The van der Waals surface area contributed by atoms with Gasteiger partial charge in [-0.15, -0.1) is 11.3 Å². The lowest BCUT2D eigenvalue weighted by molar-refractivity contribution is -0.137. The van der Waals surface area contributed by atoms with Crippen LogP contribution in [0.15, 0.2) is 11.6 Å². The predicted octanol–water partition coefficient (Wildman–Crippen LogP) is 2.37. The van der Waals surface area contributed by atoms with E-state index in [1.54, 1.807) is 11.3 Å². The molecular formula is C11H14N2O2S. The van der Waals surface area contributed by atoms with Crippen LogP contribution in [0.1, 0.15) is 31.2 Å². The van der Waals surface area contributed by atoms with Crippen molar-refractivity contribution < 1.29 is 9.90 Å². The van der Waals surface area contributed by atoms with Crippen molar-refractivity contribution in [1.82, 2.24) is 9.38 Å². The second-order valence-corrected chi connectivity index (χ2v) is 4.53. The van der Waals surface area contributed by atoms with Crippen LogP contribution in [0.25, 0.3) is 4.96 Å². The third-order valence-corrected chi connectivity index (χ3v) is 3.46. The standard InChI is InChI=1S/C11H14N2O2S/c1-2-8-6-12-11-13(8)9(7-16-11)4-3-5-10(14)15/h6-7H,2-5H2,1H3,(H,14,15). The lowest BCUT2D eigenvalue weighted by Crippen LogP contribution is -1.99. The van der Waals surface area contributed by atoms with E-state index in [-0.39, 0.29) is 6.42 Å². The summed E-state index contributed by atoms with van der Waals surface area (Å²) in [6, 6.07) is 0. The molecule has 0 spiro atoms. The van der Waals surface area contributed by atoms with E-state index in [1.165, 1.54) is 11.4 Å². The lowest BCUT2D eigenvalue weighted by Gasteiger charge is -2.01. The van der Waals surface area contributed by atoms with Crippen molar-refractivity contribution >= 4 is 22.3 Å². The molecule has 0 unspecified atom stereocenters. The van der Waals surface area contributed by atoms with Gasteiger partial charge in [-0.1, -0.05) is 6.92 Å². The van der Waals surface area contributed by atoms with Crippen molar-refractivity contribution in [3.8, 4) is 0 Å². The largest absolute Gasteiger partial charge is 0.481 e. The average Bonchev–Trinajstić information content (AvgIpc) is 2.79. The number of carboxylic acids is 1. The fourth-order valence-electron chi connectivity index (χ4n) is 1.77. The summed E-state index contributed by atoms with van der Waals surface area (Å²) in [6.07, 6.45) is 4.56. The topological polar surface area (TPSA) is 54.6 Å². The fraction of sp³-hybridized carbons (Fsp3) is 0.455. The van der Waals surface area contributed by atoms with E-state index in [2.05, 4.69) is 21.7 Å². The van der Waals surface area contributed by atoms with Gasteiger partial charge in [0.2, 0.25) is 0 Å². The van der Waals surface area contributed by atoms with Crippen molar-refractivity contribution in [1.29, 1.82) is 0 Å². The maximum atomic E-state index is 10.4. The summed E-state index contributed by atoms with van der Waals surface area (Å²) in [5.74, 6) is -0.729. The molecule has 5 heteroatoms. The first-order valence-electron chi connectivity index (χ1n) is 5.37. The summed E-state index contributed by atoms with van der Waals surface area (Å²) in [4.78, 5) is 15.8. The van der Waals surface area contributed by atoms with Gasteiger partial charge in [0.25, 0.3) is 0 Å². The number of carbonyl (C=O) groups is 1. The summed E-state index contributed by atoms with van der Waals surface area (Å²) < 4.78 is 2.15. The molecule has 0 aliphatic heterocycles. The third-order valence-electron chi connectivity index (χ3n) is 2.58. The summed E-state index contributed by atoms with van der Waals surface area (Å²) in [7, 11) is 0. The van der Waals surface area contributed by atoms with E-state index < -0.39 is 5.97 Å². The summed E-state index contributed by atoms with van der Waals surface area (Å²) in [5.41, 5.74) is 2.37. The second kappa shape index (κ2) is 4.65. The summed E-state index contributed by atoms with van der Waals surface area (Å²) >= 11 is 1.61. The number of hydrogen-bond acceptors (Lipinski definition) is 3. The molecule has 0 radical (unpaired) electrons. The highest BCUT2D eigenvalue weighted by atomic mass is 32.1. The minimum atomic E-state index is -0.729. The molecule has 0 amide bonds. The minimum absolute atomic E-state index is 0.230. The number of aromatic nitrogens is 2. The van der Waals surface area contributed by atoms with Gasteiger partial charge in [0.1, 0.15) is 0 Å². The number of aliphatic carboxylic acids is 1. The Morgan fingerprint density at radius 2 is 2.38 bits per heavy atom. The highest BCUT2D eigenvalue weighted by molar-refractivity contribution is 7.15. The number of fused-ring (bicyclic) bond motifs is 1. The molecule has 2 heterocycles. The number of imidazole rings is 1. The number of nitrogens with zero attached hydrogens (tertiary/aromatic N) is 2. The first-order chi connectivity index (χ1) is 7.72. The summed E-state index contributed by atoms with van der Waals surface area (Å²) in [6.45, 7) is 2.10. The molecule has 0 atom stereocenters. The Hall–Kier alpha value is -1.36. The third kappa shape index (κ3) is 2.09. The quantitative estimate of drug-likeness (QED) is 0.870. The van der Waals surface area contributed by atoms with Gasteiger partial charge in [0.15, 0.2) is 4.96 Å². The van der Waals surface area contributed by atoms with Crippen molar-refractivity contribution in [2.45, 2.75) is 32.6 Å². The van der Waals surface area contributed by atoms with Crippen LogP contribution in [0.5, 0.6) is 0 Å². The van der Waals surface area contributed by atoms with Gasteiger partial charge in [-0.2, -0.15) is 0 Å². The van der Waals surface area contributed by atoms with Crippen LogP contribution in [-0.2, 0) is 17.6 Å². The number of carboxylic acid groups (broad SMARTS) is 1. The number of aryl methyl sites for hydroxylation is 2. The molecule has 0 saturated carbocycles. The fourth-order valence-corrected chi connectivity index (χ4v) is 2.69. The molecule has 0 aromatic carbocycles. The Bertz CT molecular complexity index is 501. The van der Waals surface area contributed by atoms with E-state index in [0.29, 0.717) is 6.42 Å². The number of hydrogen-bond donors (Lipinski definition) is 1. The normalized spacial score (nSPS) is 11.1. The smallest absolute Gasteiger partial charge is 0.303 e. The number of thiazole rings is 1. The molecule has 2 aromatic heterocycles. The average molecular weight is 238 g/mol. The molecule has 86 valence electrons. The second-order valence-electron chi connectivity index (χ2n) is 3.70. The van der Waals surface area contributed by atoms with Crippen molar-refractivity contribution in [2.75, 3.05) is 0 Å². The van der Waals surface area contributed by atoms with Crippen LogP contribution in [0, 0.1) is 0 Å². The van der Waals surface area contributed by atoms with E-state index in [9.17, 15) is 4.79 Å². The van der Waals surface area contributed by atoms with Crippen LogP contribution in [0.3, 0.4) is 0 Å². The minimum Gasteiger partial charge on any atom is -0.481 e. The van der Waals surface area contributed by atoms with Gasteiger partial charge in [0, 0.05) is 23.2 Å². The van der Waals surface area contributed by atoms with E-state index in [1.807, 2.05) is 6.20 Å². The van der Waals surface area contributed by atoms with Gasteiger partial charge in [-0.05, 0) is 19.3 Å². The first-order valence-corrected chi connectivity index (χ1v) is 6.24. The maximum Gasteiger partial charge on any atom is 0.303 e. The molecule has 1 N–H and O–H groups in total. The van der Waals surface area contributed by atoms with E-state index in [0.717, 1.165) is 17.8 Å². The van der Waals surface area contributed by atoms with Gasteiger partial charge >= 0.3 is 5.97 Å². The van der Waals surface area contributed by atoms with Gasteiger partial charge in [-0.3, -0.25) is 9.20 Å². The van der Waals surface area contributed by atoms with Crippen LogP contribution in [0.4, 0.5) is 0 Å². The van der Waals surface area contributed by atoms with Crippen LogP contribution >= 0.6 is 11.3 Å². The molecule has 0 aliphatic carbocycles. The summed E-state index contributed by atoms with van der Waals surface area (Å²) in [5, 5.41) is 10.7. The molecule has 0 fully saturated rings. The zero-order chi connectivity index (χ0) is 11.5. The molecule has 16 heavy (non-hydrogen) atoms. The van der Waals surface area contributed by atoms with Crippen LogP contribution in [0.2, 0.25) is 0 Å². The van der Waals surface area contributed by atoms with Gasteiger partial charge in [-0.25, -0.2) is 4.98 Å². The predicted molar refractivity (Wildman–Crippen MR) is 63.0 cm³/mol. The molecule has 4 nitrogen and oxygen atoms in total.